The van der Waals surface area contributed by atoms with Crippen LogP contribution in [0.1, 0.15) is 22.8 Å². The van der Waals surface area contributed by atoms with Crippen molar-refractivity contribution in [2.45, 2.75) is 13.0 Å². The standard InChI is InChI=1S/C19H20O6/c1-2-9-24-11-13(20)12-25-14-7-8-16(18(22)10-14)19(23)15-5-3-4-6-17(15)21/h2-10,13,20-22H,11-12H2,1H3. The topological polar surface area (TPSA) is 96.2 Å². The Hall–Kier alpha value is -2.99. The van der Waals surface area contributed by atoms with Gasteiger partial charge in [0.2, 0.25) is 0 Å². The summed E-state index contributed by atoms with van der Waals surface area (Å²) in [5, 5.41) is 29.5. The van der Waals surface area contributed by atoms with E-state index in [-0.39, 0.29) is 35.8 Å². The number of rotatable bonds is 8. The molecule has 0 aromatic heterocycles. The fourth-order valence-corrected chi connectivity index (χ4v) is 2.11. The number of carbonyl (C=O) groups excluding carboxylic acids is 1. The zero-order valence-corrected chi connectivity index (χ0v) is 13.8. The summed E-state index contributed by atoms with van der Waals surface area (Å²) < 4.78 is 10.4. The molecule has 2 aromatic carbocycles. The molecule has 6 nitrogen and oxygen atoms in total. The van der Waals surface area contributed by atoms with Gasteiger partial charge >= 0.3 is 0 Å². The molecule has 0 aliphatic heterocycles. The first-order chi connectivity index (χ1) is 12.0. The number of phenols is 2. The smallest absolute Gasteiger partial charge is 0.200 e. The summed E-state index contributed by atoms with van der Waals surface area (Å²) in [6.07, 6.45) is 2.33. The summed E-state index contributed by atoms with van der Waals surface area (Å²) in [6.45, 7) is 1.85. The molecule has 0 amide bonds. The minimum Gasteiger partial charge on any atom is -0.507 e. The van der Waals surface area contributed by atoms with Crippen molar-refractivity contribution in [3.8, 4) is 17.2 Å². The number of allylic oxidation sites excluding steroid dienone is 1. The maximum absolute atomic E-state index is 12.4. The third-order valence-electron chi connectivity index (χ3n) is 3.33. The van der Waals surface area contributed by atoms with E-state index in [1.54, 1.807) is 25.1 Å². The van der Waals surface area contributed by atoms with Gasteiger partial charge in [0.1, 0.15) is 36.6 Å². The van der Waals surface area contributed by atoms with Gasteiger partial charge in [-0.1, -0.05) is 18.2 Å². The summed E-state index contributed by atoms with van der Waals surface area (Å²) in [7, 11) is 0. The number of ketones is 1. The maximum atomic E-state index is 12.4. The van der Waals surface area contributed by atoms with Crippen molar-refractivity contribution in [3.63, 3.8) is 0 Å². The number of benzene rings is 2. The van der Waals surface area contributed by atoms with Crippen LogP contribution in [0.15, 0.2) is 54.8 Å². The molecule has 0 bridgehead atoms. The molecule has 1 atom stereocenters. The van der Waals surface area contributed by atoms with Crippen molar-refractivity contribution in [1.29, 1.82) is 0 Å². The molecule has 0 heterocycles. The minimum absolute atomic E-state index is 0.0240. The summed E-state index contributed by atoms with van der Waals surface area (Å²) in [4.78, 5) is 12.4. The number of phenolic OH excluding ortho intramolecular Hbond substituents is 2. The Kier molecular flexibility index (Phi) is 6.42. The second kappa shape index (κ2) is 8.75. The average molecular weight is 344 g/mol. The highest BCUT2D eigenvalue weighted by molar-refractivity contribution is 6.12. The fourth-order valence-electron chi connectivity index (χ4n) is 2.11. The molecular formula is C19H20O6. The van der Waals surface area contributed by atoms with Crippen LogP contribution in [0.4, 0.5) is 0 Å². The minimum atomic E-state index is -0.832. The molecule has 3 N–H and O–H groups in total. The van der Waals surface area contributed by atoms with Gasteiger partial charge in [0.25, 0.3) is 0 Å². The third kappa shape index (κ3) is 4.99. The van der Waals surface area contributed by atoms with Crippen LogP contribution in [0.5, 0.6) is 17.2 Å². The number of ether oxygens (including phenoxy) is 2. The van der Waals surface area contributed by atoms with E-state index in [0.29, 0.717) is 5.75 Å². The first kappa shape index (κ1) is 18.4. The van der Waals surface area contributed by atoms with Crippen molar-refractivity contribution >= 4 is 5.78 Å². The molecule has 2 rings (SSSR count). The quantitative estimate of drug-likeness (QED) is 0.503. The van der Waals surface area contributed by atoms with E-state index in [2.05, 4.69) is 0 Å². The van der Waals surface area contributed by atoms with E-state index in [9.17, 15) is 20.1 Å². The second-order valence-corrected chi connectivity index (χ2v) is 5.29. The summed E-state index contributed by atoms with van der Waals surface area (Å²) in [6, 6.07) is 10.3. The van der Waals surface area contributed by atoms with Gasteiger partial charge in [0, 0.05) is 6.07 Å². The number of hydrogen-bond donors (Lipinski definition) is 3. The number of aliphatic hydroxyl groups is 1. The zero-order chi connectivity index (χ0) is 18.2. The molecule has 25 heavy (non-hydrogen) atoms. The van der Waals surface area contributed by atoms with Crippen LogP contribution < -0.4 is 4.74 Å². The van der Waals surface area contributed by atoms with Crippen molar-refractivity contribution in [3.05, 3.63) is 65.9 Å². The van der Waals surface area contributed by atoms with E-state index in [1.165, 1.54) is 36.6 Å². The van der Waals surface area contributed by atoms with Gasteiger partial charge in [-0.25, -0.2) is 0 Å². The van der Waals surface area contributed by atoms with Crippen LogP contribution in [0.25, 0.3) is 0 Å². The lowest BCUT2D eigenvalue weighted by molar-refractivity contribution is 0.0463. The van der Waals surface area contributed by atoms with Gasteiger partial charge in [-0.2, -0.15) is 0 Å². The van der Waals surface area contributed by atoms with Gasteiger partial charge in [-0.3, -0.25) is 4.79 Å². The Bertz CT molecular complexity index is 753. The Morgan fingerprint density at radius 2 is 1.80 bits per heavy atom. The molecule has 6 heteroatoms. The van der Waals surface area contributed by atoms with Gasteiger partial charge < -0.3 is 24.8 Å². The van der Waals surface area contributed by atoms with Crippen molar-refractivity contribution in [1.82, 2.24) is 0 Å². The van der Waals surface area contributed by atoms with Crippen LogP contribution in [-0.2, 0) is 4.74 Å². The van der Waals surface area contributed by atoms with Gasteiger partial charge in [0.15, 0.2) is 5.78 Å². The number of hydrogen-bond acceptors (Lipinski definition) is 6. The lowest BCUT2D eigenvalue weighted by atomic mass is 10.0. The average Bonchev–Trinajstić information content (AvgIpc) is 2.60. The highest BCUT2D eigenvalue weighted by Crippen LogP contribution is 2.28. The molecule has 0 saturated carbocycles. The summed E-state index contributed by atoms with van der Waals surface area (Å²) in [5.74, 6) is -0.625. The Labute approximate surface area is 145 Å². The van der Waals surface area contributed by atoms with Gasteiger partial charge in [-0.15, -0.1) is 0 Å². The molecule has 2 aromatic rings. The molecule has 132 valence electrons. The van der Waals surface area contributed by atoms with E-state index < -0.39 is 11.9 Å². The first-order valence-corrected chi connectivity index (χ1v) is 7.72. The van der Waals surface area contributed by atoms with Crippen LogP contribution in [-0.4, -0.2) is 40.4 Å². The van der Waals surface area contributed by atoms with Crippen LogP contribution >= 0.6 is 0 Å². The molecular weight excluding hydrogens is 324 g/mol. The fraction of sp³-hybridized carbons (Fsp3) is 0.211. The molecule has 0 aliphatic carbocycles. The lowest BCUT2D eigenvalue weighted by Crippen LogP contribution is -2.22. The van der Waals surface area contributed by atoms with Crippen LogP contribution in [0.2, 0.25) is 0 Å². The monoisotopic (exact) mass is 344 g/mol. The number of aromatic hydroxyl groups is 2. The van der Waals surface area contributed by atoms with Gasteiger partial charge in [-0.05, 0) is 31.2 Å². The lowest BCUT2D eigenvalue weighted by Gasteiger charge is -2.13. The maximum Gasteiger partial charge on any atom is 0.200 e. The third-order valence-corrected chi connectivity index (χ3v) is 3.33. The second-order valence-electron chi connectivity index (χ2n) is 5.29. The van der Waals surface area contributed by atoms with Crippen molar-refractivity contribution in [2.24, 2.45) is 0 Å². The largest absolute Gasteiger partial charge is 0.507 e. The first-order valence-electron chi connectivity index (χ1n) is 7.72. The summed E-state index contributed by atoms with van der Waals surface area (Å²) in [5.41, 5.74) is 0.147. The zero-order valence-electron chi connectivity index (χ0n) is 13.8. The number of para-hydroxylation sites is 1. The Balaban J connectivity index is 2.03. The number of carbonyl (C=O) groups is 1. The van der Waals surface area contributed by atoms with E-state index in [0.717, 1.165) is 0 Å². The predicted octanol–water partition coefficient (Wildman–Crippen LogP) is 2.62. The van der Waals surface area contributed by atoms with Crippen LogP contribution in [0.3, 0.4) is 0 Å². The molecule has 1 unspecified atom stereocenters. The van der Waals surface area contributed by atoms with Crippen molar-refractivity contribution in [2.75, 3.05) is 13.2 Å². The molecule has 0 aliphatic rings. The van der Waals surface area contributed by atoms with Gasteiger partial charge in [0.05, 0.1) is 17.4 Å². The Morgan fingerprint density at radius 1 is 1.08 bits per heavy atom. The van der Waals surface area contributed by atoms with E-state index in [4.69, 9.17) is 9.47 Å². The predicted molar refractivity (Wildman–Crippen MR) is 91.9 cm³/mol. The van der Waals surface area contributed by atoms with E-state index in [1.807, 2.05) is 0 Å². The molecule has 0 radical (unpaired) electrons. The summed E-state index contributed by atoms with van der Waals surface area (Å²) >= 11 is 0. The van der Waals surface area contributed by atoms with Crippen molar-refractivity contribution < 1.29 is 29.6 Å². The normalized spacial score (nSPS) is 12.1. The molecule has 0 saturated heterocycles. The number of aliphatic hydroxyl groups excluding tert-OH is 1. The molecule has 0 fully saturated rings. The highest BCUT2D eigenvalue weighted by Gasteiger charge is 2.17. The van der Waals surface area contributed by atoms with E-state index >= 15 is 0 Å². The van der Waals surface area contributed by atoms with Crippen LogP contribution in [0, 0.1) is 0 Å². The highest BCUT2D eigenvalue weighted by atomic mass is 16.5. The molecule has 0 spiro atoms. The SMILES string of the molecule is CC=COCC(O)COc1ccc(C(=O)c2ccccc2O)c(O)c1. The Morgan fingerprint density at radius 3 is 2.48 bits per heavy atom.